The first-order valence-corrected chi connectivity index (χ1v) is 6.12. The number of likely N-dealkylation sites (tertiary alicyclic amines) is 1. The highest BCUT2D eigenvalue weighted by Gasteiger charge is 2.43. The van der Waals surface area contributed by atoms with Crippen LogP contribution in [0, 0.1) is 0 Å². The Morgan fingerprint density at radius 3 is 2.75 bits per heavy atom. The largest absolute Gasteiger partial charge is 0.370 e. The SMILES string of the molecule is C=CCN1C(N)=NCC12CCN(CC)CC2. The van der Waals surface area contributed by atoms with Crippen molar-refractivity contribution in [2.75, 3.05) is 32.7 Å². The Balaban J connectivity index is 2.06. The molecule has 0 aromatic heterocycles. The lowest BCUT2D eigenvalue weighted by Crippen LogP contribution is -2.57. The summed E-state index contributed by atoms with van der Waals surface area (Å²) in [6.07, 6.45) is 4.25. The van der Waals surface area contributed by atoms with Crippen molar-refractivity contribution in [1.82, 2.24) is 9.80 Å². The molecule has 1 saturated heterocycles. The molecule has 1 fully saturated rings. The normalized spacial score (nSPS) is 24.8. The van der Waals surface area contributed by atoms with Gasteiger partial charge in [0.15, 0.2) is 5.96 Å². The Hall–Kier alpha value is -1.03. The molecular weight excluding hydrogens is 200 g/mol. The summed E-state index contributed by atoms with van der Waals surface area (Å²) in [5, 5.41) is 0. The highest BCUT2D eigenvalue weighted by Crippen LogP contribution is 2.32. The highest BCUT2D eigenvalue weighted by molar-refractivity contribution is 5.81. The van der Waals surface area contributed by atoms with E-state index in [1.54, 1.807) is 0 Å². The van der Waals surface area contributed by atoms with E-state index < -0.39 is 0 Å². The van der Waals surface area contributed by atoms with Crippen LogP contribution in [0.5, 0.6) is 0 Å². The molecule has 0 unspecified atom stereocenters. The van der Waals surface area contributed by atoms with Gasteiger partial charge in [-0.15, -0.1) is 6.58 Å². The third-order valence-electron chi connectivity index (χ3n) is 3.93. The molecular formula is C12H22N4. The molecule has 90 valence electrons. The van der Waals surface area contributed by atoms with Crippen molar-refractivity contribution in [2.45, 2.75) is 25.3 Å². The first-order chi connectivity index (χ1) is 7.72. The Morgan fingerprint density at radius 1 is 1.50 bits per heavy atom. The maximum atomic E-state index is 5.95. The van der Waals surface area contributed by atoms with Gasteiger partial charge >= 0.3 is 0 Å². The minimum Gasteiger partial charge on any atom is -0.370 e. The quantitative estimate of drug-likeness (QED) is 0.713. The summed E-state index contributed by atoms with van der Waals surface area (Å²) in [7, 11) is 0. The molecule has 4 heteroatoms. The van der Waals surface area contributed by atoms with Crippen LogP contribution in [0.2, 0.25) is 0 Å². The smallest absolute Gasteiger partial charge is 0.192 e. The molecule has 0 aromatic carbocycles. The van der Waals surface area contributed by atoms with E-state index in [-0.39, 0.29) is 5.54 Å². The molecule has 0 amide bonds. The molecule has 2 aliphatic rings. The minimum atomic E-state index is 0.184. The summed E-state index contributed by atoms with van der Waals surface area (Å²) >= 11 is 0. The van der Waals surface area contributed by atoms with Gasteiger partial charge in [-0.1, -0.05) is 13.0 Å². The summed E-state index contributed by atoms with van der Waals surface area (Å²) in [5.74, 6) is 0.699. The topological polar surface area (TPSA) is 44.9 Å². The standard InChI is InChI=1S/C12H22N4/c1-3-7-16-11(13)14-10-12(16)5-8-15(4-2)9-6-12/h3H,1,4-10H2,2H3,(H2,13,14). The molecule has 0 bridgehead atoms. The molecule has 0 atom stereocenters. The number of guanidine groups is 1. The Kier molecular flexibility index (Phi) is 3.19. The number of aliphatic imine (C=N–C) groups is 1. The Labute approximate surface area is 97.8 Å². The van der Waals surface area contributed by atoms with Gasteiger partial charge in [0.05, 0.1) is 12.1 Å². The van der Waals surface area contributed by atoms with Crippen LogP contribution in [-0.4, -0.2) is 54.0 Å². The number of nitrogens with zero attached hydrogens (tertiary/aromatic N) is 3. The third-order valence-corrected chi connectivity index (χ3v) is 3.93. The van der Waals surface area contributed by atoms with Crippen molar-refractivity contribution < 1.29 is 0 Å². The maximum Gasteiger partial charge on any atom is 0.192 e. The highest BCUT2D eigenvalue weighted by atomic mass is 15.4. The van der Waals surface area contributed by atoms with Gasteiger partial charge in [0.2, 0.25) is 0 Å². The monoisotopic (exact) mass is 222 g/mol. The lowest BCUT2D eigenvalue weighted by atomic mass is 9.86. The van der Waals surface area contributed by atoms with Gasteiger partial charge in [0.1, 0.15) is 0 Å². The minimum absolute atomic E-state index is 0.184. The zero-order valence-electron chi connectivity index (χ0n) is 10.2. The van der Waals surface area contributed by atoms with E-state index >= 15 is 0 Å². The van der Waals surface area contributed by atoms with Crippen LogP contribution >= 0.6 is 0 Å². The fraction of sp³-hybridized carbons (Fsp3) is 0.750. The second-order valence-corrected chi connectivity index (χ2v) is 4.73. The van der Waals surface area contributed by atoms with Gasteiger partial charge in [0, 0.05) is 19.6 Å². The average molecular weight is 222 g/mol. The first kappa shape index (κ1) is 11.5. The Bertz CT molecular complexity index is 289. The molecule has 2 rings (SSSR count). The number of nitrogens with two attached hydrogens (primary N) is 1. The van der Waals surface area contributed by atoms with E-state index in [1.807, 2.05) is 6.08 Å². The zero-order valence-corrected chi connectivity index (χ0v) is 10.2. The van der Waals surface area contributed by atoms with Gasteiger partial charge in [-0.05, 0) is 19.4 Å². The van der Waals surface area contributed by atoms with Crippen LogP contribution in [-0.2, 0) is 0 Å². The van der Waals surface area contributed by atoms with Crippen molar-refractivity contribution in [2.24, 2.45) is 10.7 Å². The fourth-order valence-corrected chi connectivity index (χ4v) is 2.77. The van der Waals surface area contributed by atoms with Crippen LogP contribution in [0.1, 0.15) is 19.8 Å². The summed E-state index contributed by atoms with van der Waals surface area (Å²) in [6.45, 7) is 11.2. The molecule has 0 aromatic rings. The zero-order chi connectivity index (χ0) is 11.6. The number of hydrogen-bond acceptors (Lipinski definition) is 4. The van der Waals surface area contributed by atoms with Gasteiger partial charge in [-0.25, -0.2) is 0 Å². The first-order valence-electron chi connectivity index (χ1n) is 6.12. The summed E-state index contributed by atoms with van der Waals surface area (Å²) < 4.78 is 0. The van der Waals surface area contributed by atoms with Crippen LogP contribution in [0.3, 0.4) is 0 Å². The molecule has 2 aliphatic heterocycles. The van der Waals surface area contributed by atoms with E-state index in [0.29, 0.717) is 5.96 Å². The van der Waals surface area contributed by atoms with Crippen molar-refractivity contribution in [3.8, 4) is 0 Å². The van der Waals surface area contributed by atoms with Crippen LogP contribution in [0.25, 0.3) is 0 Å². The molecule has 4 nitrogen and oxygen atoms in total. The van der Waals surface area contributed by atoms with E-state index in [1.165, 1.54) is 12.8 Å². The summed E-state index contributed by atoms with van der Waals surface area (Å²) in [6, 6.07) is 0. The van der Waals surface area contributed by atoms with E-state index in [9.17, 15) is 0 Å². The predicted octanol–water partition coefficient (Wildman–Crippen LogP) is 0.657. The van der Waals surface area contributed by atoms with Crippen molar-refractivity contribution in [3.05, 3.63) is 12.7 Å². The molecule has 0 radical (unpaired) electrons. The van der Waals surface area contributed by atoms with Gasteiger partial charge in [0.25, 0.3) is 0 Å². The van der Waals surface area contributed by atoms with Crippen LogP contribution < -0.4 is 5.73 Å². The van der Waals surface area contributed by atoms with E-state index in [0.717, 1.165) is 32.7 Å². The van der Waals surface area contributed by atoms with Gasteiger partial charge in [-0.3, -0.25) is 4.99 Å². The second kappa shape index (κ2) is 4.45. The number of hydrogen-bond donors (Lipinski definition) is 1. The Morgan fingerprint density at radius 2 is 2.19 bits per heavy atom. The van der Waals surface area contributed by atoms with Gasteiger partial charge < -0.3 is 15.5 Å². The van der Waals surface area contributed by atoms with E-state index in [4.69, 9.17) is 5.73 Å². The van der Waals surface area contributed by atoms with E-state index in [2.05, 4.69) is 28.3 Å². The maximum absolute atomic E-state index is 5.95. The lowest BCUT2D eigenvalue weighted by molar-refractivity contribution is 0.0953. The number of piperidine rings is 1. The lowest BCUT2D eigenvalue weighted by Gasteiger charge is -2.44. The molecule has 2 heterocycles. The van der Waals surface area contributed by atoms with Crippen molar-refractivity contribution in [3.63, 3.8) is 0 Å². The molecule has 1 spiro atoms. The summed E-state index contributed by atoms with van der Waals surface area (Å²) in [5.41, 5.74) is 6.14. The van der Waals surface area contributed by atoms with Crippen molar-refractivity contribution in [1.29, 1.82) is 0 Å². The molecule has 0 saturated carbocycles. The van der Waals surface area contributed by atoms with Crippen LogP contribution in [0.4, 0.5) is 0 Å². The third kappa shape index (κ3) is 1.82. The van der Waals surface area contributed by atoms with Crippen LogP contribution in [0.15, 0.2) is 17.6 Å². The molecule has 0 aliphatic carbocycles. The molecule has 16 heavy (non-hydrogen) atoms. The van der Waals surface area contributed by atoms with Gasteiger partial charge in [-0.2, -0.15) is 0 Å². The van der Waals surface area contributed by atoms with Crippen molar-refractivity contribution >= 4 is 5.96 Å². The average Bonchev–Trinajstić information content (AvgIpc) is 2.60. The predicted molar refractivity (Wildman–Crippen MR) is 67.5 cm³/mol. The summed E-state index contributed by atoms with van der Waals surface area (Å²) in [4.78, 5) is 9.15. The number of rotatable bonds is 3. The fourth-order valence-electron chi connectivity index (χ4n) is 2.77. The molecule has 2 N–H and O–H groups in total. The second-order valence-electron chi connectivity index (χ2n) is 4.73.